The highest BCUT2D eigenvalue weighted by Crippen LogP contribution is 2.25. The molecular formula is C15H21NO. The molecule has 0 aliphatic heterocycles. The number of carbonyl (C=O) groups excluding carboxylic acids is 1. The van der Waals surface area contributed by atoms with Gasteiger partial charge in [0.1, 0.15) is 0 Å². The first kappa shape index (κ1) is 12.2. The van der Waals surface area contributed by atoms with E-state index in [0.29, 0.717) is 6.04 Å². The van der Waals surface area contributed by atoms with Gasteiger partial charge in [0.05, 0.1) is 0 Å². The average molecular weight is 231 g/mol. The van der Waals surface area contributed by atoms with Crippen molar-refractivity contribution in [3.63, 3.8) is 0 Å². The molecule has 92 valence electrons. The summed E-state index contributed by atoms with van der Waals surface area (Å²) in [7, 11) is 0. The van der Waals surface area contributed by atoms with Gasteiger partial charge in [-0.3, -0.25) is 4.79 Å². The Morgan fingerprint density at radius 1 is 1.24 bits per heavy atom. The third-order valence-electron chi connectivity index (χ3n) is 3.74. The van der Waals surface area contributed by atoms with Crippen LogP contribution in [0.3, 0.4) is 0 Å². The lowest BCUT2D eigenvalue weighted by atomic mass is 10.0. The maximum atomic E-state index is 12.2. The summed E-state index contributed by atoms with van der Waals surface area (Å²) in [5.74, 6) is 0.845. The van der Waals surface area contributed by atoms with Crippen molar-refractivity contribution in [2.45, 2.75) is 46.1 Å². The molecule has 0 spiro atoms. The molecule has 1 aliphatic carbocycles. The van der Waals surface area contributed by atoms with Gasteiger partial charge in [-0.1, -0.05) is 25.1 Å². The number of rotatable bonds is 2. The van der Waals surface area contributed by atoms with Crippen molar-refractivity contribution < 1.29 is 4.79 Å². The summed E-state index contributed by atoms with van der Waals surface area (Å²) in [6, 6.07) is 6.37. The molecule has 0 bridgehead atoms. The van der Waals surface area contributed by atoms with Crippen molar-refractivity contribution in [2.24, 2.45) is 5.92 Å². The molecule has 17 heavy (non-hydrogen) atoms. The zero-order valence-corrected chi connectivity index (χ0v) is 10.9. The topological polar surface area (TPSA) is 29.1 Å². The molecule has 0 radical (unpaired) electrons. The van der Waals surface area contributed by atoms with Gasteiger partial charge in [0, 0.05) is 11.6 Å². The second-order valence-electron chi connectivity index (χ2n) is 5.36. The number of nitrogens with one attached hydrogen (secondary N) is 1. The average Bonchev–Trinajstić information content (AvgIpc) is 2.63. The van der Waals surface area contributed by atoms with Gasteiger partial charge in [0.2, 0.25) is 0 Å². The van der Waals surface area contributed by atoms with Gasteiger partial charge in [0.25, 0.3) is 5.91 Å². The molecule has 1 fully saturated rings. The van der Waals surface area contributed by atoms with Crippen LogP contribution in [0, 0.1) is 19.8 Å². The summed E-state index contributed by atoms with van der Waals surface area (Å²) < 4.78 is 0. The van der Waals surface area contributed by atoms with E-state index in [-0.39, 0.29) is 5.91 Å². The van der Waals surface area contributed by atoms with Crippen LogP contribution in [0.15, 0.2) is 18.2 Å². The van der Waals surface area contributed by atoms with E-state index in [9.17, 15) is 4.79 Å². The lowest BCUT2D eigenvalue weighted by Crippen LogP contribution is -2.33. The van der Waals surface area contributed by atoms with Gasteiger partial charge in [-0.05, 0) is 50.2 Å². The largest absolute Gasteiger partial charge is 0.349 e. The lowest BCUT2D eigenvalue weighted by Gasteiger charge is -2.15. The maximum absolute atomic E-state index is 12.2. The predicted molar refractivity (Wildman–Crippen MR) is 70.2 cm³/mol. The normalized spacial score (nSPS) is 23.7. The Balaban J connectivity index is 2.10. The molecule has 0 saturated heterocycles. The zero-order chi connectivity index (χ0) is 12.4. The van der Waals surface area contributed by atoms with Crippen molar-refractivity contribution >= 4 is 5.91 Å². The highest BCUT2D eigenvalue weighted by molar-refractivity contribution is 5.97. The van der Waals surface area contributed by atoms with Gasteiger partial charge < -0.3 is 5.32 Å². The Bertz CT molecular complexity index is 405. The Kier molecular flexibility index (Phi) is 3.51. The number of aryl methyl sites for hydroxylation is 2. The minimum absolute atomic E-state index is 0.0969. The first-order valence-electron chi connectivity index (χ1n) is 6.45. The predicted octanol–water partition coefficient (Wildman–Crippen LogP) is 3.22. The number of carbonyl (C=O) groups is 1. The fourth-order valence-corrected chi connectivity index (χ4v) is 2.77. The van der Waals surface area contributed by atoms with Crippen LogP contribution in [0.5, 0.6) is 0 Å². The number of benzene rings is 1. The molecule has 1 aromatic rings. The molecule has 1 aromatic carbocycles. The van der Waals surface area contributed by atoms with Crippen LogP contribution in [0.2, 0.25) is 0 Å². The lowest BCUT2D eigenvalue weighted by molar-refractivity contribution is 0.0936. The van der Waals surface area contributed by atoms with Gasteiger partial charge in [0.15, 0.2) is 0 Å². The molecule has 2 heteroatoms. The van der Waals surface area contributed by atoms with E-state index < -0.39 is 0 Å². The smallest absolute Gasteiger partial charge is 0.252 e. The maximum Gasteiger partial charge on any atom is 0.252 e. The molecule has 2 nitrogen and oxygen atoms in total. The molecule has 2 atom stereocenters. The van der Waals surface area contributed by atoms with E-state index >= 15 is 0 Å². The molecule has 1 N–H and O–H groups in total. The molecular weight excluding hydrogens is 210 g/mol. The van der Waals surface area contributed by atoms with Gasteiger partial charge in [-0.2, -0.15) is 0 Å². The van der Waals surface area contributed by atoms with Crippen molar-refractivity contribution in [1.29, 1.82) is 0 Å². The molecule has 2 unspecified atom stereocenters. The van der Waals surface area contributed by atoms with Crippen LogP contribution in [0.25, 0.3) is 0 Å². The Morgan fingerprint density at radius 2 is 1.88 bits per heavy atom. The summed E-state index contributed by atoms with van der Waals surface area (Å²) in [6.07, 6.45) is 3.48. The van der Waals surface area contributed by atoms with E-state index in [0.717, 1.165) is 35.4 Å². The minimum atomic E-state index is 0.0969. The van der Waals surface area contributed by atoms with Crippen LogP contribution in [0.1, 0.15) is 47.7 Å². The molecule has 2 rings (SSSR count). The van der Waals surface area contributed by atoms with Crippen LogP contribution < -0.4 is 5.32 Å². The Morgan fingerprint density at radius 3 is 2.41 bits per heavy atom. The van der Waals surface area contributed by atoms with E-state index in [1.807, 2.05) is 32.0 Å². The quantitative estimate of drug-likeness (QED) is 0.832. The van der Waals surface area contributed by atoms with Crippen LogP contribution in [-0.4, -0.2) is 11.9 Å². The first-order chi connectivity index (χ1) is 8.08. The monoisotopic (exact) mass is 231 g/mol. The van der Waals surface area contributed by atoms with Crippen LogP contribution in [0.4, 0.5) is 0 Å². The summed E-state index contributed by atoms with van der Waals surface area (Å²) >= 11 is 0. The molecule has 0 aromatic heterocycles. The van der Waals surface area contributed by atoms with Gasteiger partial charge in [-0.15, -0.1) is 0 Å². The van der Waals surface area contributed by atoms with E-state index in [1.54, 1.807) is 0 Å². The third kappa shape index (κ3) is 2.68. The van der Waals surface area contributed by atoms with Gasteiger partial charge in [-0.25, -0.2) is 0 Å². The molecule has 1 aliphatic rings. The zero-order valence-electron chi connectivity index (χ0n) is 10.9. The SMILES string of the molecule is Cc1cccc(C)c1C(=O)NC1CCC(C)C1. The fraction of sp³-hybridized carbons (Fsp3) is 0.533. The van der Waals surface area contributed by atoms with E-state index in [2.05, 4.69) is 12.2 Å². The second-order valence-corrected chi connectivity index (χ2v) is 5.36. The number of hydrogen-bond donors (Lipinski definition) is 1. The number of amides is 1. The minimum Gasteiger partial charge on any atom is -0.349 e. The van der Waals surface area contributed by atoms with Crippen molar-refractivity contribution in [3.8, 4) is 0 Å². The summed E-state index contributed by atoms with van der Waals surface area (Å²) in [5, 5.41) is 3.17. The first-order valence-corrected chi connectivity index (χ1v) is 6.45. The van der Waals surface area contributed by atoms with E-state index in [4.69, 9.17) is 0 Å². The van der Waals surface area contributed by atoms with E-state index in [1.165, 1.54) is 6.42 Å². The van der Waals surface area contributed by atoms with Crippen LogP contribution in [-0.2, 0) is 0 Å². The third-order valence-corrected chi connectivity index (χ3v) is 3.74. The van der Waals surface area contributed by atoms with Crippen molar-refractivity contribution in [2.75, 3.05) is 0 Å². The summed E-state index contributed by atoms with van der Waals surface area (Å²) in [6.45, 7) is 6.25. The number of hydrogen-bond acceptors (Lipinski definition) is 1. The standard InChI is InChI=1S/C15H21NO/c1-10-7-8-13(9-10)16-15(17)14-11(2)5-4-6-12(14)3/h4-6,10,13H,7-9H2,1-3H3,(H,16,17). The van der Waals surface area contributed by atoms with Crippen molar-refractivity contribution in [3.05, 3.63) is 34.9 Å². The van der Waals surface area contributed by atoms with Gasteiger partial charge >= 0.3 is 0 Å². The summed E-state index contributed by atoms with van der Waals surface area (Å²) in [5.41, 5.74) is 2.98. The molecule has 1 saturated carbocycles. The second kappa shape index (κ2) is 4.91. The highest BCUT2D eigenvalue weighted by Gasteiger charge is 2.23. The molecule has 0 heterocycles. The summed E-state index contributed by atoms with van der Waals surface area (Å²) in [4.78, 5) is 12.2. The molecule has 1 amide bonds. The highest BCUT2D eigenvalue weighted by atomic mass is 16.1. The Labute approximate surface area is 103 Å². The fourth-order valence-electron chi connectivity index (χ4n) is 2.77. The Hall–Kier alpha value is -1.31. The van der Waals surface area contributed by atoms with Crippen molar-refractivity contribution in [1.82, 2.24) is 5.32 Å². The van der Waals surface area contributed by atoms with Crippen LogP contribution >= 0.6 is 0 Å².